The molecule has 1 aliphatic carbocycles. The van der Waals surface area contributed by atoms with E-state index < -0.39 is 0 Å². The van der Waals surface area contributed by atoms with Crippen molar-refractivity contribution in [2.24, 2.45) is 17.6 Å². The molecule has 3 atom stereocenters. The fourth-order valence-electron chi connectivity index (χ4n) is 3.19. The average Bonchev–Trinajstić information content (AvgIpc) is 2.96. The number of carbonyl (C=O) groups is 1. The normalized spacial score (nSPS) is 21.8. The molecule has 3 N–H and O–H groups in total. The van der Waals surface area contributed by atoms with Gasteiger partial charge in [-0.05, 0) is 45.2 Å². The molecule has 1 fully saturated rings. The number of ether oxygens (including phenoxy) is 1. The Balaban J connectivity index is 0.00000242. The van der Waals surface area contributed by atoms with Gasteiger partial charge in [-0.3, -0.25) is 4.79 Å². The Kier molecular flexibility index (Phi) is 7.69. The first-order chi connectivity index (χ1) is 10.2. The Labute approximate surface area is 139 Å². The van der Waals surface area contributed by atoms with Crippen molar-refractivity contribution in [3.05, 3.63) is 29.8 Å². The summed E-state index contributed by atoms with van der Waals surface area (Å²) in [6.07, 6.45) is 3.12. The molecule has 0 aromatic heterocycles. The number of hydrogen-bond acceptors (Lipinski definition) is 3. The fraction of sp³-hybridized carbons (Fsp3) is 0.588. The second kappa shape index (κ2) is 9.01. The summed E-state index contributed by atoms with van der Waals surface area (Å²) in [7, 11) is 0. The van der Waals surface area contributed by atoms with Gasteiger partial charge in [0, 0.05) is 11.5 Å². The van der Waals surface area contributed by atoms with Crippen LogP contribution in [0.4, 0.5) is 0 Å². The predicted octanol–water partition coefficient (Wildman–Crippen LogP) is 3.06. The van der Waals surface area contributed by atoms with Crippen LogP contribution in [0.2, 0.25) is 0 Å². The van der Waals surface area contributed by atoms with Gasteiger partial charge >= 0.3 is 0 Å². The molecule has 1 amide bonds. The minimum absolute atomic E-state index is 0. The summed E-state index contributed by atoms with van der Waals surface area (Å²) >= 11 is 0. The van der Waals surface area contributed by atoms with Crippen LogP contribution in [0.1, 0.15) is 44.7 Å². The molecule has 1 aromatic rings. The van der Waals surface area contributed by atoms with Crippen molar-refractivity contribution in [1.29, 1.82) is 0 Å². The average molecular weight is 327 g/mol. The zero-order valence-corrected chi connectivity index (χ0v) is 14.2. The second-order valence-electron chi connectivity index (χ2n) is 5.73. The molecule has 2 rings (SSSR count). The van der Waals surface area contributed by atoms with Crippen LogP contribution in [0, 0.1) is 11.8 Å². The molecule has 1 aromatic carbocycles. The molecule has 1 unspecified atom stereocenters. The first kappa shape index (κ1) is 18.8. The maximum absolute atomic E-state index is 12.5. The van der Waals surface area contributed by atoms with E-state index >= 15 is 0 Å². The zero-order chi connectivity index (χ0) is 15.2. The quantitative estimate of drug-likeness (QED) is 0.844. The monoisotopic (exact) mass is 326 g/mol. The molecular formula is C17H27ClN2O2. The van der Waals surface area contributed by atoms with Crippen LogP contribution in [0.15, 0.2) is 24.3 Å². The third-order valence-corrected chi connectivity index (χ3v) is 4.34. The highest BCUT2D eigenvalue weighted by atomic mass is 35.5. The number of halogens is 1. The summed E-state index contributed by atoms with van der Waals surface area (Å²) < 4.78 is 5.64. The van der Waals surface area contributed by atoms with Crippen molar-refractivity contribution in [2.45, 2.75) is 39.2 Å². The second-order valence-corrected chi connectivity index (χ2v) is 5.73. The molecule has 0 aliphatic heterocycles. The Bertz CT molecular complexity index is 481. The van der Waals surface area contributed by atoms with Crippen LogP contribution in [0.5, 0.6) is 5.75 Å². The number of hydrogen-bond donors (Lipinski definition) is 2. The number of rotatable bonds is 6. The summed E-state index contributed by atoms with van der Waals surface area (Å²) in [6.45, 7) is 5.18. The fourth-order valence-corrected chi connectivity index (χ4v) is 3.19. The van der Waals surface area contributed by atoms with Crippen molar-refractivity contribution < 1.29 is 9.53 Å². The first-order valence-corrected chi connectivity index (χ1v) is 7.89. The van der Waals surface area contributed by atoms with Gasteiger partial charge in [-0.25, -0.2) is 0 Å². The van der Waals surface area contributed by atoms with Gasteiger partial charge in [0.25, 0.3) is 0 Å². The van der Waals surface area contributed by atoms with Crippen molar-refractivity contribution in [1.82, 2.24) is 5.32 Å². The third kappa shape index (κ3) is 4.37. The molecule has 0 radical (unpaired) electrons. The number of amides is 1. The molecule has 0 spiro atoms. The van der Waals surface area contributed by atoms with Gasteiger partial charge in [0.2, 0.25) is 5.91 Å². The molecule has 5 heteroatoms. The largest absolute Gasteiger partial charge is 0.494 e. The van der Waals surface area contributed by atoms with Gasteiger partial charge in [0.15, 0.2) is 0 Å². The Morgan fingerprint density at radius 2 is 2.14 bits per heavy atom. The molecule has 1 saturated carbocycles. The van der Waals surface area contributed by atoms with Crippen molar-refractivity contribution >= 4 is 18.3 Å². The third-order valence-electron chi connectivity index (χ3n) is 4.34. The summed E-state index contributed by atoms with van der Waals surface area (Å²) in [5, 5.41) is 3.13. The Hall–Kier alpha value is -1.26. The van der Waals surface area contributed by atoms with Gasteiger partial charge in [-0.15, -0.1) is 12.4 Å². The van der Waals surface area contributed by atoms with E-state index in [9.17, 15) is 4.79 Å². The number of nitrogens with one attached hydrogen (secondary N) is 1. The molecule has 0 bridgehead atoms. The standard InChI is InChI=1S/C17H26N2O2.ClH/c1-3-21-16-10-5-4-8-14(16)12(2)19-17(20)15-9-6-7-13(15)11-18;/h4-5,8,10,12-13,15H,3,6-7,9,11,18H2,1-2H3,(H,19,20);1H/t12?,13-,15-;/m1./s1. The number of para-hydroxylation sites is 1. The molecular weight excluding hydrogens is 300 g/mol. The Morgan fingerprint density at radius 3 is 2.82 bits per heavy atom. The molecule has 124 valence electrons. The van der Waals surface area contributed by atoms with E-state index in [4.69, 9.17) is 10.5 Å². The number of carbonyl (C=O) groups excluding carboxylic acids is 1. The number of nitrogens with two attached hydrogens (primary N) is 1. The van der Waals surface area contributed by atoms with Crippen LogP contribution in [0.25, 0.3) is 0 Å². The van der Waals surface area contributed by atoms with Crippen molar-refractivity contribution in [2.75, 3.05) is 13.2 Å². The Morgan fingerprint density at radius 1 is 1.41 bits per heavy atom. The van der Waals surface area contributed by atoms with Crippen molar-refractivity contribution in [3.8, 4) is 5.75 Å². The summed E-state index contributed by atoms with van der Waals surface area (Å²) in [5.41, 5.74) is 6.79. The molecule has 0 saturated heterocycles. The van der Waals surface area contributed by atoms with Crippen LogP contribution in [0.3, 0.4) is 0 Å². The van der Waals surface area contributed by atoms with E-state index in [-0.39, 0.29) is 30.3 Å². The zero-order valence-electron chi connectivity index (χ0n) is 13.4. The maximum Gasteiger partial charge on any atom is 0.223 e. The van der Waals surface area contributed by atoms with Crippen LogP contribution >= 0.6 is 12.4 Å². The van der Waals surface area contributed by atoms with E-state index in [0.717, 1.165) is 30.6 Å². The van der Waals surface area contributed by atoms with Crippen LogP contribution in [-0.4, -0.2) is 19.1 Å². The lowest BCUT2D eigenvalue weighted by Crippen LogP contribution is -2.36. The summed E-state index contributed by atoms with van der Waals surface area (Å²) in [6, 6.07) is 7.81. The highest BCUT2D eigenvalue weighted by Crippen LogP contribution is 2.32. The van der Waals surface area contributed by atoms with Crippen molar-refractivity contribution in [3.63, 3.8) is 0 Å². The molecule has 4 nitrogen and oxygen atoms in total. The smallest absolute Gasteiger partial charge is 0.223 e. The number of benzene rings is 1. The first-order valence-electron chi connectivity index (χ1n) is 7.89. The SMILES string of the molecule is CCOc1ccccc1C(C)NC(=O)[C@@H]1CCC[C@@H]1CN.Cl. The van der Waals surface area contributed by atoms with Gasteiger partial charge < -0.3 is 15.8 Å². The topological polar surface area (TPSA) is 64.3 Å². The lowest BCUT2D eigenvalue weighted by atomic mass is 9.94. The summed E-state index contributed by atoms with van der Waals surface area (Å²) in [4.78, 5) is 12.5. The van der Waals surface area contributed by atoms with Gasteiger partial charge in [0.05, 0.1) is 12.6 Å². The highest BCUT2D eigenvalue weighted by molar-refractivity contribution is 5.85. The van der Waals surface area contributed by atoms with E-state index in [0.29, 0.717) is 19.1 Å². The van der Waals surface area contributed by atoms with E-state index in [1.807, 2.05) is 38.1 Å². The van der Waals surface area contributed by atoms with Crippen LogP contribution in [-0.2, 0) is 4.79 Å². The van der Waals surface area contributed by atoms with Crippen LogP contribution < -0.4 is 15.8 Å². The molecule has 1 aliphatic rings. The minimum Gasteiger partial charge on any atom is -0.494 e. The molecule has 0 heterocycles. The lowest BCUT2D eigenvalue weighted by Gasteiger charge is -2.22. The van der Waals surface area contributed by atoms with E-state index in [1.165, 1.54) is 0 Å². The van der Waals surface area contributed by atoms with Gasteiger partial charge in [-0.2, -0.15) is 0 Å². The minimum atomic E-state index is -0.0562. The van der Waals surface area contributed by atoms with E-state index in [2.05, 4.69) is 5.32 Å². The molecule has 22 heavy (non-hydrogen) atoms. The van der Waals surface area contributed by atoms with E-state index in [1.54, 1.807) is 0 Å². The van der Waals surface area contributed by atoms with Gasteiger partial charge in [-0.1, -0.05) is 24.6 Å². The predicted molar refractivity (Wildman–Crippen MR) is 91.3 cm³/mol. The van der Waals surface area contributed by atoms with Gasteiger partial charge in [0.1, 0.15) is 5.75 Å². The lowest BCUT2D eigenvalue weighted by molar-refractivity contribution is -0.126. The summed E-state index contributed by atoms with van der Waals surface area (Å²) in [5.74, 6) is 1.37. The maximum atomic E-state index is 12.5. The highest BCUT2D eigenvalue weighted by Gasteiger charge is 2.32.